The summed E-state index contributed by atoms with van der Waals surface area (Å²) >= 11 is 0. The molecule has 0 saturated heterocycles. The zero-order valence-electron chi connectivity index (χ0n) is 9.63. The molecule has 1 rings (SSSR count). The van der Waals surface area contributed by atoms with Crippen LogP contribution in [-0.4, -0.2) is 30.8 Å². The Morgan fingerprint density at radius 1 is 1.53 bits per heavy atom. The van der Waals surface area contributed by atoms with Gasteiger partial charge in [0.2, 0.25) is 0 Å². The molecule has 0 radical (unpaired) electrons. The van der Waals surface area contributed by atoms with Gasteiger partial charge in [-0.05, 0) is 11.6 Å². The number of sulfonamides is 1. The number of terminal acetylenes is 1. The second kappa shape index (κ2) is 5.77. The van der Waals surface area contributed by atoms with Gasteiger partial charge in [-0.25, -0.2) is 13.4 Å². The fraction of sp³-hybridized carbons (Fsp3) is 0.364. The molecule has 0 fully saturated rings. The molecule has 0 aliphatic carbocycles. The molecule has 92 valence electrons. The summed E-state index contributed by atoms with van der Waals surface area (Å²) in [6, 6.07) is 3.08. The third-order valence-electron chi connectivity index (χ3n) is 2.26. The van der Waals surface area contributed by atoms with Crippen molar-refractivity contribution in [1.29, 1.82) is 0 Å². The van der Waals surface area contributed by atoms with Gasteiger partial charge in [0.1, 0.15) is 0 Å². The molecular formula is C11H15N3O2S. The quantitative estimate of drug-likeness (QED) is 0.760. The van der Waals surface area contributed by atoms with Crippen molar-refractivity contribution in [3.8, 4) is 12.3 Å². The highest BCUT2D eigenvalue weighted by Crippen LogP contribution is 2.12. The van der Waals surface area contributed by atoms with Crippen molar-refractivity contribution in [2.45, 2.75) is 18.5 Å². The van der Waals surface area contributed by atoms with Crippen molar-refractivity contribution in [2.24, 2.45) is 5.73 Å². The van der Waals surface area contributed by atoms with Gasteiger partial charge in [-0.15, -0.1) is 6.42 Å². The zero-order chi connectivity index (χ0) is 12.9. The Kier molecular flexibility index (Phi) is 4.63. The second-order valence-electron chi connectivity index (χ2n) is 3.34. The first-order valence-electron chi connectivity index (χ1n) is 5.14. The number of nitrogens with zero attached hydrogens (tertiary/aromatic N) is 2. The second-order valence-corrected chi connectivity index (χ2v) is 5.23. The highest BCUT2D eigenvalue weighted by atomic mass is 32.2. The zero-order valence-corrected chi connectivity index (χ0v) is 10.4. The molecule has 0 aliphatic heterocycles. The third kappa shape index (κ3) is 3.03. The Morgan fingerprint density at radius 3 is 2.65 bits per heavy atom. The predicted octanol–water partition coefficient (Wildman–Crippen LogP) is 0.184. The lowest BCUT2D eigenvalue weighted by molar-refractivity contribution is 0.461. The van der Waals surface area contributed by atoms with E-state index in [1.54, 1.807) is 13.0 Å². The van der Waals surface area contributed by atoms with Crippen LogP contribution in [0.5, 0.6) is 0 Å². The molecule has 0 bridgehead atoms. The molecule has 0 amide bonds. The average molecular weight is 253 g/mol. The van der Waals surface area contributed by atoms with Crippen LogP contribution in [0.4, 0.5) is 0 Å². The molecular weight excluding hydrogens is 238 g/mol. The Bertz CT molecular complexity index is 503. The molecule has 0 aliphatic rings. The van der Waals surface area contributed by atoms with Crippen molar-refractivity contribution in [3.05, 3.63) is 23.9 Å². The van der Waals surface area contributed by atoms with Crippen LogP contribution in [-0.2, 0) is 16.6 Å². The van der Waals surface area contributed by atoms with E-state index in [1.165, 1.54) is 16.6 Å². The Labute approximate surface area is 102 Å². The number of nitrogens with two attached hydrogens (primary N) is 1. The van der Waals surface area contributed by atoms with Gasteiger partial charge in [-0.2, -0.15) is 4.31 Å². The first kappa shape index (κ1) is 13.6. The summed E-state index contributed by atoms with van der Waals surface area (Å²) in [5.74, 6) is 2.32. The highest BCUT2D eigenvalue weighted by Gasteiger charge is 2.23. The van der Waals surface area contributed by atoms with E-state index in [0.29, 0.717) is 13.1 Å². The van der Waals surface area contributed by atoms with Crippen LogP contribution in [0.2, 0.25) is 0 Å². The summed E-state index contributed by atoms with van der Waals surface area (Å²) in [6.07, 6.45) is 6.59. The maximum atomic E-state index is 12.1. The smallest absolute Gasteiger partial charge is 0.261 e. The van der Waals surface area contributed by atoms with E-state index in [4.69, 9.17) is 12.2 Å². The maximum absolute atomic E-state index is 12.1. The Hall–Kier alpha value is -1.42. The average Bonchev–Trinajstić information content (AvgIpc) is 2.35. The van der Waals surface area contributed by atoms with E-state index >= 15 is 0 Å². The van der Waals surface area contributed by atoms with Crippen molar-refractivity contribution in [2.75, 3.05) is 13.1 Å². The molecule has 0 saturated carbocycles. The van der Waals surface area contributed by atoms with E-state index < -0.39 is 10.0 Å². The minimum atomic E-state index is -3.60. The van der Waals surface area contributed by atoms with E-state index in [9.17, 15) is 8.42 Å². The molecule has 0 aromatic carbocycles. The van der Waals surface area contributed by atoms with Crippen molar-refractivity contribution < 1.29 is 8.42 Å². The normalized spacial score (nSPS) is 11.4. The fourth-order valence-corrected chi connectivity index (χ4v) is 2.56. The van der Waals surface area contributed by atoms with Crippen molar-refractivity contribution >= 4 is 10.0 Å². The first-order chi connectivity index (χ1) is 8.06. The standard InChI is InChI=1S/C11H15N3O2S/c1-3-7-14(4-2)17(15,16)11-6-5-10(8-12)9-13-11/h1,5-6,9H,4,7-8,12H2,2H3. The van der Waals surface area contributed by atoms with Crippen LogP contribution in [0.25, 0.3) is 0 Å². The predicted molar refractivity (Wildman–Crippen MR) is 65.4 cm³/mol. The number of hydrogen-bond acceptors (Lipinski definition) is 4. The molecule has 2 N–H and O–H groups in total. The minimum Gasteiger partial charge on any atom is -0.326 e. The van der Waals surface area contributed by atoms with Gasteiger partial charge in [0.05, 0.1) is 6.54 Å². The van der Waals surface area contributed by atoms with E-state index in [0.717, 1.165) is 5.56 Å². The SMILES string of the molecule is C#CCN(CC)S(=O)(=O)c1ccc(CN)cn1. The molecule has 1 aromatic heterocycles. The summed E-state index contributed by atoms with van der Waals surface area (Å²) in [7, 11) is -3.60. The molecule has 17 heavy (non-hydrogen) atoms. The summed E-state index contributed by atoms with van der Waals surface area (Å²) in [6.45, 7) is 2.41. The lowest BCUT2D eigenvalue weighted by Crippen LogP contribution is -2.31. The van der Waals surface area contributed by atoms with Crippen molar-refractivity contribution in [3.63, 3.8) is 0 Å². The monoisotopic (exact) mass is 253 g/mol. The van der Waals surface area contributed by atoms with Gasteiger partial charge in [0.15, 0.2) is 5.03 Å². The van der Waals surface area contributed by atoms with Gasteiger partial charge < -0.3 is 5.73 Å². The highest BCUT2D eigenvalue weighted by molar-refractivity contribution is 7.89. The largest absolute Gasteiger partial charge is 0.326 e. The molecule has 0 spiro atoms. The summed E-state index contributed by atoms with van der Waals surface area (Å²) in [5, 5.41) is -0.00759. The first-order valence-corrected chi connectivity index (χ1v) is 6.58. The van der Waals surface area contributed by atoms with Crippen LogP contribution in [0.1, 0.15) is 12.5 Å². The Morgan fingerprint density at radius 2 is 2.24 bits per heavy atom. The lowest BCUT2D eigenvalue weighted by atomic mass is 10.3. The number of aromatic nitrogens is 1. The summed E-state index contributed by atoms with van der Waals surface area (Å²) in [4.78, 5) is 3.89. The van der Waals surface area contributed by atoms with Crippen LogP contribution in [0.15, 0.2) is 23.4 Å². The van der Waals surface area contributed by atoms with E-state index in [-0.39, 0.29) is 11.6 Å². The van der Waals surface area contributed by atoms with Gasteiger partial charge in [-0.3, -0.25) is 0 Å². The summed E-state index contributed by atoms with van der Waals surface area (Å²) < 4.78 is 25.4. The molecule has 1 aromatic rings. The van der Waals surface area contributed by atoms with E-state index in [1.807, 2.05) is 0 Å². The topological polar surface area (TPSA) is 76.3 Å². The number of rotatable bonds is 5. The maximum Gasteiger partial charge on any atom is 0.261 e. The van der Waals surface area contributed by atoms with Crippen LogP contribution >= 0.6 is 0 Å². The van der Waals surface area contributed by atoms with Crippen molar-refractivity contribution in [1.82, 2.24) is 9.29 Å². The number of pyridine rings is 1. The molecule has 0 atom stereocenters. The molecule has 0 unspecified atom stereocenters. The van der Waals surface area contributed by atoms with Crippen LogP contribution in [0.3, 0.4) is 0 Å². The molecule has 6 heteroatoms. The number of hydrogen-bond donors (Lipinski definition) is 1. The van der Waals surface area contributed by atoms with Gasteiger partial charge >= 0.3 is 0 Å². The van der Waals surface area contributed by atoms with Gasteiger partial charge in [-0.1, -0.05) is 18.9 Å². The third-order valence-corrected chi connectivity index (χ3v) is 4.10. The Balaban J connectivity index is 3.08. The molecule has 5 nitrogen and oxygen atoms in total. The van der Waals surface area contributed by atoms with Crippen LogP contribution < -0.4 is 5.73 Å². The van der Waals surface area contributed by atoms with E-state index in [2.05, 4.69) is 10.9 Å². The summed E-state index contributed by atoms with van der Waals surface area (Å²) in [5.41, 5.74) is 6.20. The molecule has 1 heterocycles. The van der Waals surface area contributed by atoms with Gasteiger partial charge in [0.25, 0.3) is 10.0 Å². The van der Waals surface area contributed by atoms with Gasteiger partial charge in [0, 0.05) is 19.3 Å². The lowest BCUT2D eigenvalue weighted by Gasteiger charge is -2.16. The van der Waals surface area contributed by atoms with Crippen LogP contribution in [0, 0.1) is 12.3 Å². The fourth-order valence-electron chi connectivity index (χ4n) is 1.29. The minimum absolute atomic E-state index is 0.00759.